The number of nitriles is 1. The van der Waals surface area contributed by atoms with Crippen LogP contribution in [0, 0.1) is 18.3 Å². The van der Waals surface area contributed by atoms with Crippen LogP contribution in [-0.2, 0) is 0 Å². The van der Waals surface area contributed by atoms with Crippen molar-refractivity contribution in [3.8, 4) is 23.4 Å². The first-order chi connectivity index (χ1) is 13.1. The first-order valence-corrected chi connectivity index (χ1v) is 8.47. The third-order valence-corrected chi connectivity index (χ3v) is 5.03. The number of nitrogens with zero attached hydrogens (tertiary/aromatic N) is 3. The summed E-state index contributed by atoms with van der Waals surface area (Å²) in [5, 5.41) is 17.7. The van der Waals surface area contributed by atoms with Gasteiger partial charge in [-0.25, -0.2) is 4.98 Å². The number of allylic oxidation sites excluding steroid dienone is 1. The van der Waals surface area contributed by atoms with E-state index < -0.39 is 5.92 Å². The molecule has 0 radical (unpaired) electrons. The molecular weight excluding hydrogens is 370 g/mol. The van der Waals surface area contributed by atoms with Crippen LogP contribution in [0.3, 0.4) is 0 Å². The molecule has 1 aromatic carbocycles. The number of aromatic amines is 1. The molecule has 9 heteroatoms. The number of H-pyrrole nitrogens is 1. The maximum absolute atomic E-state index is 9.68. The van der Waals surface area contributed by atoms with Gasteiger partial charge in [0.15, 0.2) is 11.5 Å². The molecule has 1 atom stereocenters. The lowest BCUT2D eigenvalue weighted by atomic mass is 9.84. The molecule has 0 bridgehead atoms. The fourth-order valence-electron chi connectivity index (χ4n) is 3.47. The monoisotopic (exact) mass is 381 g/mol. The van der Waals surface area contributed by atoms with Crippen LogP contribution in [0.25, 0.3) is 10.9 Å². The molecule has 0 amide bonds. The topological polar surface area (TPSA) is 119 Å². The average Bonchev–Trinajstić information content (AvgIpc) is 3.24. The number of hydrogen-bond acceptors (Lipinski definition) is 7. The van der Waals surface area contributed by atoms with E-state index in [1.54, 1.807) is 6.07 Å². The van der Waals surface area contributed by atoms with Crippen LogP contribution in [0.1, 0.15) is 22.7 Å². The molecule has 134 valence electrons. The van der Waals surface area contributed by atoms with Crippen LogP contribution in [-0.4, -0.2) is 22.0 Å². The van der Waals surface area contributed by atoms with Crippen molar-refractivity contribution in [3.05, 3.63) is 51.6 Å². The third-order valence-electron chi connectivity index (χ3n) is 4.73. The zero-order valence-corrected chi connectivity index (χ0v) is 14.8. The summed E-state index contributed by atoms with van der Waals surface area (Å²) < 4.78 is 16.3. The van der Waals surface area contributed by atoms with Gasteiger partial charge in [-0.3, -0.25) is 5.10 Å². The van der Waals surface area contributed by atoms with Crippen molar-refractivity contribution < 1.29 is 14.2 Å². The van der Waals surface area contributed by atoms with E-state index in [0.717, 1.165) is 11.1 Å². The van der Waals surface area contributed by atoms with E-state index in [0.29, 0.717) is 34.0 Å². The van der Waals surface area contributed by atoms with Crippen molar-refractivity contribution in [2.24, 2.45) is 5.73 Å². The summed E-state index contributed by atoms with van der Waals surface area (Å²) in [6.07, 6.45) is 0. The van der Waals surface area contributed by atoms with E-state index in [4.69, 9.17) is 31.5 Å². The Morgan fingerprint density at radius 2 is 2.07 bits per heavy atom. The lowest BCUT2D eigenvalue weighted by Gasteiger charge is -2.24. The maximum atomic E-state index is 9.68. The van der Waals surface area contributed by atoms with Crippen LogP contribution < -0.4 is 19.9 Å². The maximum Gasteiger partial charge on any atom is 0.244 e. The molecule has 0 unspecified atom stereocenters. The second-order valence-corrected chi connectivity index (χ2v) is 6.62. The van der Waals surface area contributed by atoms with Gasteiger partial charge in [0.05, 0.1) is 11.4 Å². The second-order valence-electron chi connectivity index (χ2n) is 6.26. The number of halogens is 1. The number of hydrogen-bond donors (Lipinski definition) is 2. The standard InChI is InChI=1S/C18H12ClN5O3/c1-7-14-15(10(5-20)17(21)27-18(14)24-23-7)9-2-8-3-12-13(26-6-25-12)4-11(8)22-16(9)19/h2-4,15H,6,21H2,1H3,(H,23,24)/t15-/m0/s1. The number of pyridine rings is 1. The van der Waals surface area contributed by atoms with Crippen molar-refractivity contribution in [3.63, 3.8) is 0 Å². The van der Waals surface area contributed by atoms with Crippen molar-refractivity contribution in [2.75, 3.05) is 6.79 Å². The van der Waals surface area contributed by atoms with Gasteiger partial charge in [0.1, 0.15) is 16.8 Å². The molecule has 0 aliphatic carbocycles. The van der Waals surface area contributed by atoms with Crippen molar-refractivity contribution in [2.45, 2.75) is 12.8 Å². The number of ether oxygens (including phenoxy) is 3. The highest BCUT2D eigenvalue weighted by molar-refractivity contribution is 6.30. The van der Waals surface area contributed by atoms with Crippen molar-refractivity contribution in [1.82, 2.24) is 15.2 Å². The first kappa shape index (κ1) is 15.8. The van der Waals surface area contributed by atoms with Gasteiger partial charge in [-0.05, 0) is 19.1 Å². The van der Waals surface area contributed by atoms with Crippen molar-refractivity contribution >= 4 is 22.5 Å². The number of rotatable bonds is 1. The van der Waals surface area contributed by atoms with E-state index in [-0.39, 0.29) is 23.4 Å². The number of aryl methyl sites for hydroxylation is 1. The van der Waals surface area contributed by atoms with Crippen LogP contribution in [0.2, 0.25) is 5.15 Å². The fourth-order valence-corrected chi connectivity index (χ4v) is 3.72. The zero-order valence-electron chi connectivity index (χ0n) is 14.0. The third kappa shape index (κ3) is 2.22. The predicted octanol–water partition coefficient (Wildman–Crippen LogP) is 2.87. The lowest BCUT2D eigenvalue weighted by molar-refractivity contribution is 0.174. The summed E-state index contributed by atoms with van der Waals surface area (Å²) in [5.74, 6) is 1.06. The van der Waals surface area contributed by atoms with Crippen molar-refractivity contribution in [1.29, 1.82) is 5.26 Å². The van der Waals surface area contributed by atoms with Gasteiger partial charge < -0.3 is 19.9 Å². The molecule has 0 saturated carbocycles. The fraction of sp³-hybridized carbons (Fsp3) is 0.167. The molecule has 5 rings (SSSR count). The molecule has 2 aromatic heterocycles. The highest BCUT2D eigenvalue weighted by Gasteiger charge is 2.36. The number of nitrogens with one attached hydrogen (secondary N) is 1. The highest BCUT2D eigenvalue weighted by atomic mass is 35.5. The molecule has 4 heterocycles. The van der Waals surface area contributed by atoms with Crippen LogP contribution in [0.15, 0.2) is 29.7 Å². The van der Waals surface area contributed by atoms with Gasteiger partial charge in [-0.2, -0.15) is 5.26 Å². The van der Waals surface area contributed by atoms with Crippen LogP contribution in [0.4, 0.5) is 0 Å². The van der Waals surface area contributed by atoms with E-state index >= 15 is 0 Å². The van der Waals surface area contributed by atoms with Gasteiger partial charge in [0, 0.05) is 28.3 Å². The Hall–Kier alpha value is -3.44. The SMILES string of the molecule is Cc1[nH]nc2c1[C@@H](c1cc3cc4c(cc3nc1Cl)OCO4)C(C#N)=C(N)O2. The van der Waals surface area contributed by atoms with Gasteiger partial charge in [-0.15, -0.1) is 5.10 Å². The smallest absolute Gasteiger partial charge is 0.244 e. The second kappa shape index (κ2) is 5.53. The summed E-state index contributed by atoms with van der Waals surface area (Å²) in [7, 11) is 0. The molecule has 0 saturated heterocycles. The number of aromatic nitrogens is 3. The van der Waals surface area contributed by atoms with Gasteiger partial charge in [0.25, 0.3) is 0 Å². The molecule has 2 aliphatic heterocycles. The summed E-state index contributed by atoms with van der Waals surface area (Å²) in [6, 6.07) is 7.63. The Morgan fingerprint density at radius 3 is 2.85 bits per heavy atom. The highest BCUT2D eigenvalue weighted by Crippen LogP contribution is 2.45. The summed E-state index contributed by atoms with van der Waals surface area (Å²) in [6.45, 7) is 2.01. The molecule has 8 nitrogen and oxygen atoms in total. The Kier molecular flexibility index (Phi) is 3.23. The van der Waals surface area contributed by atoms with E-state index in [2.05, 4.69) is 21.3 Å². The van der Waals surface area contributed by atoms with E-state index in [9.17, 15) is 5.26 Å². The number of benzene rings is 1. The zero-order chi connectivity index (χ0) is 18.7. The minimum absolute atomic E-state index is 0.00310. The van der Waals surface area contributed by atoms with E-state index in [1.165, 1.54) is 0 Å². The largest absolute Gasteiger partial charge is 0.454 e. The minimum Gasteiger partial charge on any atom is -0.454 e. The Labute approximate surface area is 158 Å². The number of nitrogens with two attached hydrogens (primary N) is 1. The molecule has 3 N–H and O–H groups in total. The molecular formula is C18H12ClN5O3. The summed E-state index contributed by atoms with van der Waals surface area (Å²) >= 11 is 6.52. The number of fused-ring (bicyclic) bond motifs is 3. The summed E-state index contributed by atoms with van der Waals surface area (Å²) in [4.78, 5) is 4.49. The summed E-state index contributed by atoms with van der Waals surface area (Å²) in [5.41, 5.74) is 8.99. The lowest BCUT2D eigenvalue weighted by Crippen LogP contribution is -2.21. The van der Waals surface area contributed by atoms with Crippen LogP contribution >= 0.6 is 11.6 Å². The average molecular weight is 382 g/mol. The van der Waals surface area contributed by atoms with Gasteiger partial charge in [0.2, 0.25) is 18.6 Å². The van der Waals surface area contributed by atoms with E-state index in [1.807, 2.05) is 19.1 Å². The van der Waals surface area contributed by atoms with Crippen LogP contribution in [0.5, 0.6) is 17.4 Å². The first-order valence-electron chi connectivity index (χ1n) is 8.09. The minimum atomic E-state index is -0.535. The normalized spacial score (nSPS) is 17.6. The molecule has 27 heavy (non-hydrogen) atoms. The predicted molar refractivity (Wildman–Crippen MR) is 95.5 cm³/mol. The Balaban J connectivity index is 1.77. The Bertz CT molecular complexity index is 1190. The Morgan fingerprint density at radius 1 is 1.30 bits per heavy atom. The molecule has 0 fully saturated rings. The molecule has 2 aliphatic rings. The van der Waals surface area contributed by atoms with Gasteiger partial charge in [-0.1, -0.05) is 11.6 Å². The quantitative estimate of drug-likeness (QED) is 0.622. The van der Waals surface area contributed by atoms with Gasteiger partial charge >= 0.3 is 0 Å². The molecule has 0 spiro atoms. The molecule has 3 aromatic rings.